The van der Waals surface area contributed by atoms with E-state index >= 15 is 0 Å². The number of nitrogens with one attached hydrogen (secondary N) is 2. The van der Waals surface area contributed by atoms with Gasteiger partial charge in [0.15, 0.2) is 0 Å². The molecule has 0 unspecified atom stereocenters. The number of amides is 1. The van der Waals surface area contributed by atoms with Crippen molar-refractivity contribution >= 4 is 17.3 Å². The van der Waals surface area contributed by atoms with Crippen LogP contribution in [0.5, 0.6) is 0 Å². The smallest absolute Gasteiger partial charge is 0.241 e. The molecule has 2 atom stereocenters. The second kappa shape index (κ2) is 4.51. The molecule has 1 aromatic carbocycles. The third-order valence-corrected chi connectivity index (χ3v) is 2.64. The average molecular weight is 221 g/mol. The molecule has 0 aromatic heterocycles. The normalized spacial score (nSPS) is 24.3. The average Bonchev–Trinajstić information content (AvgIpc) is 2.68. The van der Waals surface area contributed by atoms with Gasteiger partial charge in [-0.2, -0.15) is 0 Å². The van der Waals surface area contributed by atoms with Crippen molar-refractivity contribution in [1.29, 1.82) is 0 Å². The van der Waals surface area contributed by atoms with Gasteiger partial charge in [-0.25, -0.2) is 0 Å². The fourth-order valence-corrected chi connectivity index (χ4v) is 1.75. The summed E-state index contributed by atoms with van der Waals surface area (Å²) in [5.74, 6) is -0.158. The Morgan fingerprint density at radius 1 is 1.50 bits per heavy atom. The van der Waals surface area contributed by atoms with E-state index in [1.807, 2.05) is 12.1 Å². The standard InChI is InChI=1S/C11H15N3O2/c12-8-3-1-2-4-9(8)14-11(16)10-5-7(15)6-13-10/h1-4,7,10,13,15H,5-6,12H2,(H,14,16)/t7-,10+/m1/s1. The second-order valence-electron chi connectivity index (χ2n) is 3.93. The maximum absolute atomic E-state index is 11.8. The predicted molar refractivity (Wildman–Crippen MR) is 61.9 cm³/mol. The largest absolute Gasteiger partial charge is 0.397 e. The molecule has 2 rings (SSSR count). The number of benzene rings is 1. The molecule has 1 amide bonds. The number of β-amino-alcohol motifs (C(OH)–C–C–N with tert-alkyl or cyclic N) is 1. The number of carbonyl (C=O) groups excluding carboxylic acids is 1. The molecule has 1 saturated heterocycles. The number of hydrogen-bond donors (Lipinski definition) is 4. The van der Waals surface area contributed by atoms with Crippen LogP contribution in [0.4, 0.5) is 11.4 Å². The number of carbonyl (C=O) groups is 1. The van der Waals surface area contributed by atoms with E-state index in [0.29, 0.717) is 24.3 Å². The highest BCUT2D eigenvalue weighted by Crippen LogP contribution is 2.18. The molecule has 86 valence electrons. The predicted octanol–water partition coefficient (Wildman–Crippen LogP) is -0.0699. The van der Waals surface area contributed by atoms with E-state index in [0.717, 1.165) is 0 Å². The van der Waals surface area contributed by atoms with Crippen LogP contribution in [-0.4, -0.2) is 29.7 Å². The summed E-state index contributed by atoms with van der Waals surface area (Å²) in [6.45, 7) is 0.461. The van der Waals surface area contributed by atoms with Crippen molar-refractivity contribution < 1.29 is 9.90 Å². The van der Waals surface area contributed by atoms with Crippen LogP contribution in [-0.2, 0) is 4.79 Å². The monoisotopic (exact) mass is 221 g/mol. The van der Waals surface area contributed by atoms with Crippen LogP contribution in [0, 0.1) is 0 Å². The number of nitrogen functional groups attached to an aromatic ring is 1. The molecular weight excluding hydrogens is 206 g/mol. The zero-order valence-corrected chi connectivity index (χ0v) is 8.81. The molecule has 5 heteroatoms. The van der Waals surface area contributed by atoms with Gasteiger partial charge in [-0.15, -0.1) is 0 Å². The number of hydrogen-bond acceptors (Lipinski definition) is 4. The Hall–Kier alpha value is -1.59. The van der Waals surface area contributed by atoms with Gasteiger partial charge in [0.05, 0.1) is 23.5 Å². The third-order valence-electron chi connectivity index (χ3n) is 2.64. The first-order valence-corrected chi connectivity index (χ1v) is 5.23. The molecular formula is C11H15N3O2. The highest BCUT2D eigenvalue weighted by Gasteiger charge is 2.28. The molecule has 16 heavy (non-hydrogen) atoms. The fourth-order valence-electron chi connectivity index (χ4n) is 1.75. The summed E-state index contributed by atoms with van der Waals surface area (Å²) < 4.78 is 0. The van der Waals surface area contributed by atoms with E-state index in [2.05, 4.69) is 10.6 Å². The van der Waals surface area contributed by atoms with E-state index in [1.165, 1.54) is 0 Å². The van der Waals surface area contributed by atoms with Crippen LogP contribution in [0.2, 0.25) is 0 Å². The molecule has 0 radical (unpaired) electrons. The number of para-hydroxylation sites is 2. The molecule has 0 aliphatic carbocycles. The Kier molecular flexibility index (Phi) is 3.07. The van der Waals surface area contributed by atoms with Gasteiger partial charge in [0.25, 0.3) is 0 Å². The first-order chi connectivity index (χ1) is 7.66. The number of rotatable bonds is 2. The van der Waals surface area contributed by atoms with E-state index < -0.39 is 6.10 Å². The quantitative estimate of drug-likeness (QED) is 0.526. The molecule has 1 aliphatic rings. The Bertz CT molecular complexity index is 395. The van der Waals surface area contributed by atoms with Gasteiger partial charge in [0, 0.05) is 6.54 Å². The summed E-state index contributed by atoms with van der Waals surface area (Å²) in [5, 5.41) is 15.0. The molecule has 0 bridgehead atoms. The number of anilines is 2. The minimum absolute atomic E-state index is 0.158. The van der Waals surface area contributed by atoms with E-state index in [-0.39, 0.29) is 11.9 Å². The van der Waals surface area contributed by atoms with Crippen molar-refractivity contribution in [2.45, 2.75) is 18.6 Å². The number of aliphatic hydroxyl groups excluding tert-OH is 1. The molecule has 1 heterocycles. The second-order valence-corrected chi connectivity index (χ2v) is 3.93. The van der Waals surface area contributed by atoms with Crippen molar-refractivity contribution in [2.24, 2.45) is 0 Å². The van der Waals surface area contributed by atoms with Crippen molar-refractivity contribution in [3.63, 3.8) is 0 Å². The molecule has 0 saturated carbocycles. The lowest BCUT2D eigenvalue weighted by atomic mass is 10.2. The van der Waals surface area contributed by atoms with Gasteiger partial charge in [0.2, 0.25) is 5.91 Å². The summed E-state index contributed by atoms with van der Waals surface area (Å²) in [7, 11) is 0. The van der Waals surface area contributed by atoms with Crippen molar-refractivity contribution in [2.75, 3.05) is 17.6 Å². The highest BCUT2D eigenvalue weighted by atomic mass is 16.3. The summed E-state index contributed by atoms with van der Waals surface area (Å²) in [5.41, 5.74) is 6.85. The van der Waals surface area contributed by atoms with Crippen LogP contribution in [0.25, 0.3) is 0 Å². The zero-order chi connectivity index (χ0) is 11.5. The van der Waals surface area contributed by atoms with E-state index in [4.69, 9.17) is 5.73 Å². The molecule has 0 spiro atoms. The topological polar surface area (TPSA) is 87.4 Å². The molecule has 1 aromatic rings. The van der Waals surface area contributed by atoms with Gasteiger partial charge in [-0.1, -0.05) is 12.1 Å². The Morgan fingerprint density at radius 3 is 2.88 bits per heavy atom. The SMILES string of the molecule is Nc1ccccc1NC(=O)[C@@H]1C[C@@H](O)CN1. The first kappa shape index (κ1) is 10.9. The lowest BCUT2D eigenvalue weighted by molar-refractivity contribution is -0.117. The molecule has 1 fully saturated rings. The van der Waals surface area contributed by atoms with Crippen molar-refractivity contribution in [3.05, 3.63) is 24.3 Å². The summed E-state index contributed by atoms with van der Waals surface area (Å²) in [6.07, 6.45) is 0.00217. The van der Waals surface area contributed by atoms with Crippen LogP contribution >= 0.6 is 0 Å². The van der Waals surface area contributed by atoms with E-state index in [9.17, 15) is 9.90 Å². The molecule has 5 N–H and O–H groups in total. The maximum Gasteiger partial charge on any atom is 0.241 e. The van der Waals surface area contributed by atoms with Crippen molar-refractivity contribution in [1.82, 2.24) is 5.32 Å². The molecule has 1 aliphatic heterocycles. The van der Waals surface area contributed by atoms with Gasteiger partial charge < -0.3 is 21.5 Å². The van der Waals surface area contributed by atoms with Gasteiger partial charge in [-0.05, 0) is 18.6 Å². The maximum atomic E-state index is 11.8. The third kappa shape index (κ3) is 2.32. The Morgan fingerprint density at radius 2 is 2.25 bits per heavy atom. The van der Waals surface area contributed by atoms with Crippen LogP contribution in [0.15, 0.2) is 24.3 Å². The zero-order valence-electron chi connectivity index (χ0n) is 8.81. The fraction of sp³-hybridized carbons (Fsp3) is 0.364. The first-order valence-electron chi connectivity index (χ1n) is 5.23. The summed E-state index contributed by atoms with van der Waals surface area (Å²) >= 11 is 0. The minimum Gasteiger partial charge on any atom is -0.397 e. The van der Waals surface area contributed by atoms with Crippen LogP contribution in [0.3, 0.4) is 0 Å². The Labute approximate surface area is 93.6 Å². The lowest BCUT2D eigenvalue weighted by Crippen LogP contribution is -2.35. The van der Waals surface area contributed by atoms with E-state index in [1.54, 1.807) is 12.1 Å². The van der Waals surface area contributed by atoms with Crippen molar-refractivity contribution in [3.8, 4) is 0 Å². The van der Waals surface area contributed by atoms with Crippen LogP contribution < -0.4 is 16.4 Å². The van der Waals surface area contributed by atoms with Gasteiger partial charge >= 0.3 is 0 Å². The summed E-state index contributed by atoms with van der Waals surface area (Å²) in [4.78, 5) is 11.8. The van der Waals surface area contributed by atoms with Gasteiger partial charge in [0.1, 0.15) is 0 Å². The molecule has 5 nitrogen and oxygen atoms in total. The minimum atomic E-state index is -0.441. The highest BCUT2D eigenvalue weighted by molar-refractivity contribution is 5.97. The Balaban J connectivity index is 2.00. The van der Waals surface area contributed by atoms with Crippen LogP contribution in [0.1, 0.15) is 6.42 Å². The number of aliphatic hydroxyl groups is 1. The van der Waals surface area contributed by atoms with Gasteiger partial charge in [-0.3, -0.25) is 4.79 Å². The number of nitrogens with two attached hydrogens (primary N) is 1. The summed E-state index contributed by atoms with van der Waals surface area (Å²) in [6, 6.07) is 6.76. The lowest BCUT2D eigenvalue weighted by Gasteiger charge is -2.12.